The van der Waals surface area contributed by atoms with Crippen LogP contribution in [-0.2, 0) is 4.79 Å². The Morgan fingerprint density at radius 2 is 2.00 bits per heavy atom. The molecule has 26 heavy (non-hydrogen) atoms. The van der Waals surface area contributed by atoms with E-state index in [1.54, 1.807) is 4.68 Å². The zero-order valence-electron chi connectivity index (χ0n) is 15.5. The molecule has 1 aliphatic heterocycles. The molecule has 1 amide bonds. The van der Waals surface area contributed by atoms with Crippen molar-refractivity contribution in [2.75, 3.05) is 25.4 Å². The third kappa shape index (κ3) is 4.35. The van der Waals surface area contributed by atoms with Crippen molar-refractivity contribution in [2.45, 2.75) is 32.3 Å². The zero-order valence-corrected chi connectivity index (χ0v) is 16.3. The molecule has 2 heterocycles. The highest BCUT2D eigenvalue weighted by atomic mass is 32.2. The lowest BCUT2D eigenvalue weighted by Gasteiger charge is -2.34. The number of hydrogen-bond acceptors (Lipinski definition) is 6. The van der Waals surface area contributed by atoms with E-state index in [-0.39, 0.29) is 5.91 Å². The van der Waals surface area contributed by atoms with Gasteiger partial charge in [-0.2, -0.15) is 4.68 Å². The second kappa shape index (κ2) is 8.53. The van der Waals surface area contributed by atoms with Crippen LogP contribution in [-0.4, -0.2) is 56.5 Å². The van der Waals surface area contributed by atoms with E-state index in [0.29, 0.717) is 35.1 Å². The predicted molar refractivity (Wildman–Crippen MR) is 101 cm³/mol. The number of para-hydroxylation sites is 2. The SMILES string of the molecule is CCOc1ccccc1-n1nnnc1SCC(=O)N1C[C@H](C)C[C@H](C)C1. The van der Waals surface area contributed by atoms with Gasteiger partial charge in [0.2, 0.25) is 11.1 Å². The van der Waals surface area contributed by atoms with E-state index in [0.717, 1.165) is 18.8 Å². The monoisotopic (exact) mass is 375 g/mol. The van der Waals surface area contributed by atoms with Crippen LogP contribution in [0.2, 0.25) is 0 Å². The fourth-order valence-electron chi connectivity index (χ4n) is 3.41. The van der Waals surface area contributed by atoms with Gasteiger partial charge in [-0.1, -0.05) is 37.7 Å². The van der Waals surface area contributed by atoms with Crippen LogP contribution >= 0.6 is 11.8 Å². The van der Waals surface area contributed by atoms with Crippen molar-refractivity contribution in [3.63, 3.8) is 0 Å². The standard InChI is InChI=1S/C18H25N5O2S/c1-4-25-16-8-6-5-7-15(16)23-18(19-20-21-23)26-12-17(24)22-10-13(2)9-14(3)11-22/h5-8,13-14H,4,9-12H2,1-3H3/t13-,14+. The van der Waals surface area contributed by atoms with Crippen LogP contribution in [0.4, 0.5) is 0 Å². The van der Waals surface area contributed by atoms with Crippen LogP contribution in [0.25, 0.3) is 5.69 Å². The number of piperidine rings is 1. The summed E-state index contributed by atoms with van der Waals surface area (Å²) in [6, 6.07) is 7.61. The molecule has 1 aromatic carbocycles. The molecule has 8 heteroatoms. The molecule has 0 bridgehead atoms. The smallest absolute Gasteiger partial charge is 0.233 e. The molecule has 0 saturated carbocycles. The lowest BCUT2D eigenvalue weighted by molar-refractivity contribution is -0.130. The lowest BCUT2D eigenvalue weighted by Crippen LogP contribution is -2.43. The Morgan fingerprint density at radius 3 is 2.73 bits per heavy atom. The van der Waals surface area contributed by atoms with E-state index in [2.05, 4.69) is 29.4 Å². The Morgan fingerprint density at radius 1 is 1.27 bits per heavy atom. The van der Waals surface area contributed by atoms with Crippen molar-refractivity contribution in [1.29, 1.82) is 0 Å². The second-order valence-corrected chi connectivity index (χ2v) is 7.75. The van der Waals surface area contributed by atoms with Crippen LogP contribution in [0.1, 0.15) is 27.2 Å². The summed E-state index contributed by atoms with van der Waals surface area (Å²) >= 11 is 1.36. The van der Waals surface area contributed by atoms with E-state index in [1.807, 2.05) is 36.1 Å². The van der Waals surface area contributed by atoms with Crippen molar-refractivity contribution in [3.05, 3.63) is 24.3 Å². The Kier molecular flexibility index (Phi) is 6.13. The summed E-state index contributed by atoms with van der Waals surface area (Å²) in [6.45, 7) is 8.57. The summed E-state index contributed by atoms with van der Waals surface area (Å²) in [6.07, 6.45) is 1.18. The first-order chi connectivity index (χ1) is 12.6. The highest BCUT2D eigenvalue weighted by molar-refractivity contribution is 7.99. The summed E-state index contributed by atoms with van der Waals surface area (Å²) in [7, 11) is 0. The second-order valence-electron chi connectivity index (χ2n) is 6.81. The molecule has 0 N–H and O–H groups in total. The average molecular weight is 375 g/mol. The van der Waals surface area contributed by atoms with Crippen molar-refractivity contribution in [3.8, 4) is 11.4 Å². The van der Waals surface area contributed by atoms with Crippen LogP contribution in [0.3, 0.4) is 0 Å². The Bertz CT molecular complexity index is 741. The highest BCUT2D eigenvalue weighted by Gasteiger charge is 2.26. The topological polar surface area (TPSA) is 73.1 Å². The third-order valence-corrected chi connectivity index (χ3v) is 5.28. The molecule has 7 nitrogen and oxygen atoms in total. The summed E-state index contributed by atoms with van der Waals surface area (Å²) in [5.41, 5.74) is 0.773. The number of nitrogens with zero attached hydrogens (tertiary/aromatic N) is 5. The van der Waals surface area contributed by atoms with Crippen molar-refractivity contribution in [1.82, 2.24) is 25.1 Å². The number of carbonyl (C=O) groups excluding carboxylic acids is 1. The molecule has 1 aliphatic rings. The minimum absolute atomic E-state index is 0.140. The van der Waals surface area contributed by atoms with Crippen LogP contribution in [0.15, 0.2) is 29.4 Å². The first kappa shape index (κ1) is 18.7. The van der Waals surface area contributed by atoms with Gasteiger partial charge in [-0.25, -0.2) is 0 Å². The number of amides is 1. The van der Waals surface area contributed by atoms with Gasteiger partial charge in [0.15, 0.2) is 0 Å². The number of hydrogen-bond donors (Lipinski definition) is 0. The quantitative estimate of drug-likeness (QED) is 0.723. The van der Waals surface area contributed by atoms with E-state index < -0.39 is 0 Å². The van der Waals surface area contributed by atoms with Crippen LogP contribution in [0, 0.1) is 11.8 Å². The molecule has 0 unspecified atom stereocenters. The van der Waals surface area contributed by atoms with Crippen LogP contribution < -0.4 is 4.74 Å². The maximum absolute atomic E-state index is 12.6. The van der Waals surface area contributed by atoms with Crippen molar-refractivity contribution in [2.24, 2.45) is 11.8 Å². The number of tetrazole rings is 1. The number of thioether (sulfide) groups is 1. The van der Waals surface area contributed by atoms with Gasteiger partial charge in [0.25, 0.3) is 0 Å². The number of carbonyl (C=O) groups is 1. The normalized spacial score (nSPS) is 20.2. The molecule has 1 fully saturated rings. The highest BCUT2D eigenvalue weighted by Crippen LogP contribution is 2.27. The number of rotatable bonds is 6. The van der Waals surface area contributed by atoms with Gasteiger partial charge in [0.1, 0.15) is 11.4 Å². The fourth-order valence-corrected chi connectivity index (χ4v) is 4.20. The van der Waals surface area contributed by atoms with E-state index >= 15 is 0 Å². The number of ether oxygens (including phenoxy) is 1. The Balaban J connectivity index is 1.69. The number of likely N-dealkylation sites (tertiary alicyclic amines) is 1. The lowest BCUT2D eigenvalue weighted by atomic mass is 9.92. The van der Waals surface area contributed by atoms with Gasteiger partial charge in [0, 0.05) is 13.1 Å². The minimum Gasteiger partial charge on any atom is -0.492 e. The van der Waals surface area contributed by atoms with E-state index in [1.165, 1.54) is 18.2 Å². The van der Waals surface area contributed by atoms with E-state index in [9.17, 15) is 4.79 Å². The number of benzene rings is 1. The maximum Gasteiger partial charge on any atom is 0.233 e. The number of aromatic nitrogens is 4. The summed E-state index contributed by atoms with van der Waals surface area (Å²) < 4.78 is 7.29. The molecule has 1 saturated heterocycles. The first-order valence-electron chi connectivity index (χ1n) is 8.99. The largest absolute Gasteiger partial charge is 0.492 e. The Labute approximate surface area is 158 Å². The van der Waals surface area contributed by atoms with Crippen molar-refractivity contribution >= 4 is 17.7 Å². The van der Waals surface area contributed by atoms with Crippen LogP contribution in [0.5, 0.6) is 5.75 Å². The van der Waals surface area contributed by atoms with Gasteiger partial charge in [-0.3, -0.25) is 4.79 Å². The molecule has 2 atom stereocenters. The molecule has 0 radical (unpaired) electrons. The minimum atomic E-state index is 0.140. The van der Waals surface area contributed by atoms with Gasteiger partial charge in [-0.05, 0) is 47.7 Å². The van der Waals surface area contributed by atoms with Gasteiger partial charge in [-0.15, -0.1) is 5.10 Å². The maximum atomic E-state index is 12.6. The van der Waals surface area contributed by atoms with Gasteiger partial charge in [0.05, 0.1) is 12.4 Å². The molecule has 1 aromatic heterocycles. The Hall–Kier alpha value is -2.09. The first-order valence-corrected chi connectivity index (χ1v) is 9.98. The molecule has 0 aliphatic carbocycles. The molecule has 140 valence electrons. The van der Waals surface area contributed by atoms with Gasteiger partial charge >= 0.3 is 0 Å². The summed E-state index contributed by atoms with van der Waals surface area (Å²) in [5.74, 6) is 2.29. The zero-order chi connectivity index (χ0) is 18.5. The van der Waals surface area contributed by atoms with Crippen molar-refractivity contribution < 1.29 is 9.53 Å². The predicted octanol–water partition coefficient (Wildman–Crippen LogP) is 2.66. The summed E-state index contributed by atoms with van der Waals surface area (Å²) in [5, 5.41) is 12.5. The average Bonchev–Trinajstić information content (AvgIpc) is 3.08. The fraction of sp³-hybridized carbons (Fsp3) is 0.556. The van der Waals surface area contributed by atoms with Gasteiger partial charge < -0.3 is 9.64 Å². The molecular weight excluding hydrogens is 350 g/mol. The third-order valence-electron chi connectivity index (χ3n) is 4.38. The molecular formula is C18H25N5O2S. The molecule has 2 aromatic rings. The van der Waals surface area contributed by atoms with E-state index in [4.69, 9.17) is 4.74 Å². The molecule has 0 spiro atoms. The molecule has 3 rings (SSSR count). The summed E-state index contributed by atoms with van der Waals surface area (Å²) in [4.78, 5) is 14.6.